The molecule has 0 aromatic heterocycles. The molecule has 0 unspecified atom stereocenters. The Balaban J connectivity index is 2.41. The summed E-state index contributed by atoms with van der Waals surface area (Å²) in [5.74, 6) is 0.552. The molecule has 0 radical (unpaired) electrons. The van der Waals surface area contributed by atoms with Crippen LogP contribution in [-0.2, 0) is 21.1 Å². The number of hydrogen-bond acceptors (Lipinski definition) is 4. The minimum atomic E-state index is -3.57. The molecule has 134 valence electrons. The van der Waals surface area contributed by atoms with E-state index in [1.807, 2.05) is 37.3 Å². The summed E-state index contributed by atoms with van der Waals surface area (Å²) in [4.78, 5) is 11.4. The molecule has 0 fully saturated rings. The number of aryl methyl sites for hydroxylation is 1. The van der Waals surface area contributed by atoms with Crippen molar-refractivity contribution in [2.24, 2.45) is 5.41 Å². The summed E-state index contributed by atoms with van der Waals surface area (Å²) in [6.07, 6.45) is 1.20. The van der Waals surface area contributed by atoms with Crippen LogP contribution < -0.4 is 4.74 Å². The molecular formula is C20H24O4S. The maximum absolute atomic E-state index is 12.9. The molecule has 25 heavy (non-hydrogen) atoms. The van der Waals surface area contributed by atoms with Crippen LogP contribution in [0.25, 0.3) is 0 Å². The number of methoxy groups -OCH3 is 1. The first-order valence-electron chi connectivity index (χ1n) is 8.08. The topological polar surface area (TPSA) is 60.4 Å². The number of carbonyl (C=O) groups is 1. The summed E-state index contributed by atoms with van der Waals surface area (Å²) in [7, 11) is -1.96. The van der Waals surface area contributed by atoms with Crippen LogP contribution in [-0.4, -0.2) is 27.6 Å². The van der Waals surface area contributed by atoms with Crippen LogP contribution in [0.3, 0.4) is 0 Å². The van der Waals surface area contributed by atoms with Gasteiger partial charge in [-0.25, -0.2) is 8.42 Å². The largest absolute Gasteiger partial charge is 0.497 e. The molecule has 0 bridgehead atoms. The fraction of sp³-hybridized carbons (Fsp3) is 0.350. The lowest BCUT2D eigenvalue weighted by atomic mass is 10.00. The van der Waals surface area contributed by atoms with Gasteiger partial charge in [0, 0.05) is 5.41 Å². The van der Waals surface area contributed by atoms with Crippen molar-refractivity contribution in [1.29, 1.82) is 0 Å². The van der Waals surface area contributed by atoms with E-state index in [0.717, 1.165) is 22.4 Å². The molecule has 0 atom stereocenters. The highest BCUT2D eigenvalue weighted by molar-refractivity contribution is 7.91. The summed E-state index contributed by atoms with van der Waals surface area (Å²) >= 11 is 0. The quantitative estimate of drug-likeness (QED) is 0.708. The number of aldehydes is 1. The number of carbonyl (C=O) groups excluding carboxylic acids is 1. The molecule has 0 saturated heterocycles. The van der Waals surface area contributed by atoms with Gasteiger partial charge >= 0.3 is 0 Å². The Labute approximate surface area is 149 Å². The highest BCUT2D eigenvalue weighted by Gasteiger charge is 2.28. The molecule has 0 amide bonds. The predicted molar refractivity (Wildman–Crippen MR) is 98.9 cm³/mol. The van der Waals surface area contributed by atoms with Gasteiger partial charge in [-0.3, -0.25) is 0 Å². The second kappa shape index (κ2) is 7.40. The van der Waals surface area contributed by atoms with Gasteiger partial charge in [-0.05, 0) is 42.7 Å². The zero-order valence-electron chi connectivity index (χ0n) is 15.1. The molecule has 5 heteroatoms. The van der Waals surface area contributed by atoms with Crippen LogP contribution in [0.4, 0.5) is 0 Å². The standard InChI is InChI=1S/C20H24O4S/c1-15-5-10-19(25(22,23)14-20(2,3)13-21)17(11-15)12-16-6-8-18(24-4)9-7-16/h5-11,13H,12,14H2,1-4H3. The molecule has 2 aromatic carbocycles. The number of sulfone groups is 1. The van der Waals surface area contributed by atoms with E-state index in [2.05, 4.69) is 0 Å². The van der Waals surface area contributed by atoms with Crippen LogP contribution in [0.5, 0.6) is 5.75 Å². The van der Waals surface area contributed by atoms with Gasteiger partial charge in [0.25, 0.3) is 0 Å². The lowest BCUT2D eigenvalue weighted by Gasteiger charge is -2.19. The van der Waals surface area contributed by atoms with Crippen LogP contribution in [0.15, 0.2) is 47.4 Å². The fourth-order valence-corrected chi connectivity index (χ4v) is 4.72. The van der Waals surface area contributed by atoms with Crippen molar-refractivity contribution in [2.75, 3.05) is 12.9 Å². The third-order valence-corrected chi connectivity index (χ3v) is 6.18. The van der Waals surface area contributed by atoms with Gasteiger partial charge in [0.2, 0.25) is 0 Å². The van der Waals surface area contributed by atoms with Crippen molar-refractivity contribution >= 4 is 16.1 Å². The smallest absolute Gasteiger partial charge is 0.179 e. The summed E-state index contributed by atoms with van der Waals surface area (Å²) < 4.78 is 30.9. The molecular weight excluding hydrogens is 336 g/mol. The van der Waals surface area contributed by atoms with Gasteiger partial charge in [0.1, 0.15) is 12.0 Å². The second-order valence-electron chi connectivity index (χ2n) is 7.00. The van der Waals surface area contributed by atoms with Crippen LogP contribution in [0, 0.1) is 12.3 Å². The second-order valence-corrected chi connectivity index (χ2v) is 8.96. The highest BCUT2D eigenvalue weighted by Crippen LogP contribution is 2.26. The monoisotopic (exact) mass is 360 g/mol. The van der Waals surface area contributed by atoms with Crippen molar-refractivity contribution in [3.8, 4) is 5.75 Å². The molecule has 0 aliphatic carbocycles. The first-order valence-corrected chi connectivity index (χ1v) is 9.74. The van der Waals surface area contributed by atoms with E-state index in [0.29, 0.717) is 17.6 Å². The van der Waals surface area contributed by atoms with Crippen molar-refractivity contribution < 1.29 is 17.9 Å². The van der Waals surface area contributed by atoms with Gasteiger partial charge in [0.05, 0.1) is 17.8 Å². The Morgan fingerprint density at radius 1 is 1.08 bits per heavy atom. The maximum Gasteiger partial charge on any atom is 0.179 e. The Kier molecular flexibility index (Phi) is 5.68. The molecule has 0 saturated carbocycles. The summed E-state index contributed by atoms with van der Waals surface area (Å²) in [5, 5.41) is 0. The van der Waals surface area contributed by atoms with E-state index in [4.69, 9.17) is 4.74 Å². The van der Waals surface area contributed by atoms with Crippen molar-refractivity contribution in [2.45, 2.75) is 32.1 Å². The molecule has 0 N–H and O–H groups in total. The van der Waals surface area contributed by atoms with Gasteiger partial charge < -0.3 is 9.53 Å². The average Bonchev–Trinajstić information content (AvgIpc) is 2.54. The first kappa shape index (κ1) is 19.2. The van der Waals surface area contributed by atoms with Crippen LogP contribution in [0.1, 0.15) is 30.5 Å². The molecule has 4 nitrogen and oxygen atoms in total. The molecule has 0 aliphatic heterocycles. The lowest BCUT2D eigenvalue weighted by molar-refractivity contribution is -0.113. The molecule has 0 aliphatic rings. The third kappa shape index (κ3) is 4.92. The molecule has 0 heterocycles. The zero-order valence-corrected chi connectivity index (χ0v) is 15.9. The third-order valence-electron chi connectivity index (χ3n) is 3.99. The lowest BCUT2D eigenvalue weighted by Crippen LogP contribution is -2.26. The Hall–Kier alpha value is -2.14. The van der Waals surface area contributed by atoms with Gasteiger partial charge in [-0.1, -0.05) is 43.7 Å². The first-order chi connectivity index (χ1) is 11.7. The fourth-order valence-electron chi connectivity index (χ4n) is 2.71. The van der Waals surface area contributed by atoms with Gasteiger partial charge in [-0.15, -0.1) is 0 Å². The van der Waals surface area contributed by atoms with Crippen molar-refractivity contribution in [3.63, 3.8) is 0 Å². The molecule has 2 aromatic rings. The normalized spacial score (nSPS) is 12.0. The van der Waals surface area contributed by atoms with Gasteiger partial charge in [0.15, 0.2) is 9.84 Å². The Bertz CT molecular complexity index is 850. The van der Waals surface area contributed by atoms with Crippen LogP contribution in [0.2, 0.25) is 0 Å². The van der Waals surface area contributed by atoms with E-state index in [9.17, 15) is 13.2 Å². The van der Waals surface area contributed by atoms with E-state index >= 15 is 0 Å². The number of ether oxygens (including phenoxy) is 1. The summed E-state index contributed by atoms with van der Waals surface area (Å²) in [6, 6.07) is 12.9. The van der Waals surface area contributed by atoms with Crippen molar-refractivity contribution in [3.05, 3.63) is 59.2 Å². The number of rotatable bonds is 7. The number of hydrogen-bond donors (Lipinski definition) is 0. The molecule has 2 rings (SSSR count). The predicted octanol–water partition coefficient (Wildman–Crippen LogP) is 3.59. The summed E-state index contributed by atoms with van der Waals surface area (Å²) in [6.45, 7) is 5.20. The highest BCUT2D eigenvalue weighted by atomic mass is 32.2. The zero-order chi connectivity index (χ0) is 18.7. The Morgan fingerprint density at radius 2 is 1.72 bits per heavy atom. The van der Waals surface area contributed by atoms with E-state index in [1.54, 1.807) is 33.1 Å². The minimum Gasteiger partial charge on any atom is -0.497 e. The molecule has 0 spiro atoms. The van der Waals surface area contributed by atoms with E-state index < -0.39 is 15.3 Å². The van der Waals surface area contributed by atoms with E-state index in [1.165, 1.54) is 0 Å². The van der Waals surface area contributed by atoms with Crippen molar-refractivity contribution in [1.82, 2.24) is 0 Å². The Morgan fingerprint density at radius 3 is 2.28 bits per heavy atom. The summed E-state index contributed by atoms with van der Waals surface area (Å²) in [5.41, 5.74) is 1.82. The maximum atomic E-state index is 12.9. The van der Waals surface area contributed by atoms with Crippen LogP contribution >= 0.6 is 0 Å². The average molecular weight is 360 g/mol. The SMILES string of the molecule is COc1ccc(Cc2cc(C)ccc2S(=O)(=O)CC(C)(C)C=O)cc1. The number of benzene rings is 2. The van der Waals surface area contributed by atoms with Gasteiger partial charge in [-0.2, -0.15) is 0 Å². The minimum absolute atomic E-state index is 0.206. The van der Waals surface area contributed by atoms with E-state index in [-0.39, 0.29) is 5.75 Å².